The summed E-state index contributed by atoms with van der Waals surface area (Å²) >= 11 is 2.01. The number of benzene rings is 1. The van der Waals surface area contributed by atoms with E-state index in [1.807, 2.05) is 11.8 Å². The maximum Gasteiger partial charge on any atom is 0.233 e. The van der Waals surface area contributed by atoms with Crippen LogP contribution in [0.4, 0.5) is 0 Å². The van der Waals surface area contributed by atoms with Crippen molar-refractivity contribution in [1.29, 1.82) is 0 Å². The Kier molecular flexibility index (Phi) is 11.5. The van der Waals surface area contributed by atoms with E-state index in [0.717, 1.165) is 45.0 Å². The van der Waals surface area contributed by atoms with Gasteiger partial charge in [0.2, 0.25) is 5.91 Å². The molecule has 1 aromatic rings. The third-order valence-electron chi connectivity index (χ3n) is 6.04. The fourth-order valence-electron chi connectivity index (χ4n) is 4.30. The van der Waals surface area contributed by atoms with Crippen molar-refractivity contribution in [2.75, 3.05) is 39.8 Å². The molecule has 3 N–H and O–H groups in total. The quantitative estimate of drug-likeness (QED) is 0.259. The number of amides is 1. The Morgan fingerprint density at radius 1 is 1.19 bits per heavy atom. The number of carbonyl (C=O) groups is 1. The number of hydrogen-bond acceptors (Lipinski definition) is 4. The van der Waals surface area contributed by atoms with E-state index in [9.17, 15) is 4.79 Å². The lowest BCUT2D eigenvalue weighted by molar-refractivity contribution is -0.122. The summed E-state index contributed by atoms with van der Waals surface area (Å²) in [5, 5.41) is 9.80. The van der Waals surface area contributed by atoms with Gasteiger partial charge in [0.05, 0.1) is 13.1 Å². The van der Waals surface area contributed by atoms with Crippen LogP contribution in [0.1, 0.15) is 45.4 Å². The Hall–Kier alpha value is -1.00. The predicted octanol–water partition coefficient (Wildman–Crippen LogP) is 3.48. The third kappa shape index (κ3) is 8.46. The van der Waals surface area contributed by atoms with Gasteiger partial charge < -0.3 is 16.0 Å². The summed E-state index contributed by atoms with van der Waals surface area (Å²) < 4.78 is 0.209. The largest absolute Gasteiger partial charge is 0.358 e. The second kappa shape index (κ2) is 13.5. The van der Waals surface area contributed by atoms with Crippen molar-refractivity contribution in [1.82, 2.24) is 20.9 Å². The highest BCUT2D eigenvalue weighted by Crippen LogP contribution is 2.45. The first-order valence-electron chi connectivity index (χ1n) is 11.3. The maximum atomic E-state index is 11.6. The average Bonchev–Trinajstić information content (AvgIpc) is 3.23. The molecule has 2 aliphatic rings. The van der Waals surface area contributed by atoms with Crippen LogP contribution in [0.15, 0.2) is 40.2 Å². The first kappa shape index (κ1) is 26.3. The maximum absolute atomic E-state index is 11.6. The molecule has 0 radical (unpaired) electrons. The Morgan fingerprint density at radius 2 is 1.87 bits per heavy atom. The molecule has 1 saturated heterocycles. The number of halogens is 1. The van der Waals surface area contributed by atoms with Crippen LogP contribution in [0.3, 0.4) is 0 Å². The molecule has 174 valence electrons. The van der Waals surface area contributed by atoms with E-state index in [2.05, 4.69) is 58.1 Å². The topological polar surface area (TPSA) is 68.8 Å². The number of likely N-dealkylation sites (N-methyl/N-ethyl adjacent to an activating group) is 1. The number of rotatable bonds is 8. The van der Waals surface area contributed by atoms with E-state index in [1.54, 1.807) is 7.05 Å². The van der Waals surface area contributed by atoms with Crippen molar-refractivity contribution >= 4 is 47.6 Å². The number of nitrogens with one attached hydrogen (secondary N) is 3. The normalized spacial score (nSPS) is 19.5. The molecule has 1 aliphatic heterocycles. The highest BCUT2D eigenvalue weighted by atomic mass is 127. The minimum Gasteiger partial charge on any atom is -0.358 e. The first-order chi connectivity index (χ1) is 14.6. The van der Waals surface area contributed by atoms with Gasteiger partial charge in [-0.1, -0.05) is 31.0 Å². The summed E-state index contributed by atoms with van der Waals surface area (Å²) in [5.74, 6) is 1.02. The van der Waals surface area contributed by atoms with Gasteiger partial charge in [-0.25, -0.2) is 0 Å². The fraction of sp³-hybridized carbons (Fsp3) is 0.652. The SMILES string of the molecule is CCNC(=NCC1(Sc2ccccc2)CCCC1)NC1CCN(CC(=O)NC)CC1.I. The molecule has 1 amide bonds. The number of likely N-dealkylation sites (tertiary alicyclic amines) is 1. The molecule has 0 bridgehead atoms. The molecule has 1 heterocycles. The van der Waals surface area contributed by atoms with Crippen molar-refractivity contribution in [2.45, 2.75) is 61.1 Å². The van der Waals surface area contributed by atoms with Gasteiger partial charge in [0, 0.05) is 42.4 Å². The van der Waals surface area contributed by atoms with Gasteiger partial charge in [-0.15, -0.1) is 35.7 Å². The molecule has 1 aliphatic carbocycles. The number of guanidine groups is 1. The Bertz CT molecular complexity index is 688. The molecular formula is C23H38IN5OS. The minimum atomic E-state index is 0. The lowest BCUT2D eigenvalue weighted by Gasteiger charge is -2.33. The molecule has 1 saturated carbocycles. The molecule has 0 atom stereocenters. The number of hydrogen-bond donors (Lipinski definition) is 3. The van der Waals surface area contributed by atoms with Crippen molar-refractivity contribution < 1.29 is 4.79 Å². The van der Waals surface area contributed by atoms with E-state index >= 15 is 0 Å². The van der Waals surface area contributed by atoms with Crippen LogP contribution < -0.4 is 16.0 Å². The zero-order chi connectivity index (χ0) is 21.2. The van der Waals surface area contributed by atoms with Crippen LogP contribution in [-0.2, 0) is 4.79 Å². The van der Waals surface area contributed by atoms with Gasteiger partial charge in [-0.05, 0) is 44.7 Å². The zero-order valence-corrected chi connectivity index (χ0v) is 22.0. The van der Waals surface area contributed by atoms with E-state index in [-0.39, 0.29) is 34.6 Å². The summed E-state index contributed by atoms with van der Waals surface area (Å²) in [6.45, 7) is 6.21. The lowest BCUT2D eigenvalue weighted by Crippen LogP contribution is -2.50. The van der Waals surface area contributed by atoms with Crippen LogP contribution in [0.25, 0.3) is 0 Å². The van der Waals surface area contributed by atoms with E-state index in [0.29, 0.717) is 12.6 Å². The molecule has 0 spiro atoms. The number of thioether (sulfide) groups is 1. The van der Waals surface area contributed by atoms with Crippen molar-refractivity contribution in [2.24, 2.45) is 4.99 Å². The standard InChI is InChI=1S/C23H37N5OS.HI/c1-3-25-22(27-19-11-15-28(16-12-19)17-21(29)24-2)26-18-23(13-7-8-14-23)30-20-9-5-4-6-10-20;/h4-6,9-10,19H,3,7-8,11-18H2,1-2H3,(H,24,29)(H2,25,26,27);1H. The van der Waals surface area contributed by atoms with E-state index < -0.39 is 0 Å². The van der Waals surface area contributed by atoms with Crippen LogP contribution in [-0.4, -0.2) is 67.3 Å². The van der Waals surface area contributed by atoms with Crippen LogP contribution in [0, 0.1) is 0 Å². The molecule has 2 fully saturated rings. The van der Waals surface area contributed by atoms with Crippen molar-refractivity contribution in [3.8, 4) is 0 Å². The van der Waals surface area contributed by atoms with Gasteiger partial charge in [0.15, 0.2) is 5.96 Å². The number of piperidine rings is 1. The summed E-state index contributed by atoms with van der Waals surface area (Å²) in [5.41, 5.74) is 0. The second-order valence-electron chi connectivity index (χ2n) is 8.37. The van der Waals surface area contributed by atoms with E-state index in [1.165, 1.54) is 30.6 Å². The van der Waals surface area contributed by atoms with Crippen molar-refractivity contribution in [3.63, 3.8) is 0 Å². The molecule has 0 unspecified atom stereocenters. The second-order valence-corrected chi connectivity index (χ2v) is 9.91. The third-order valence-corrected chi connectivity index (χ3v) is 7.51. The van der Waals surface area contributed by atoms with Crippen molar-refractivity contribution in [3.05, 3.63) is 30.3 Å². The lowest BCUT2D eigenvalue weighted by atomic mass is 10.1. The van der Waals surface area contributed by atoms with Gasteiger partial charge in [-0.2, -0.15) is 0 Å². The molecule has 0 aromatic heterocycles. The van der Waals surface area contributed by atoms with E-state index in [4.69, 9.17) is 4.99 Å². The molecule has 3 rings (SSSR count). The summed E-state index contributed by atoms with van der Waals surface area (Å²) in [6, 6.07) is 11.2. The molecule has 1 aromatic carbocycles. The number of carbonyl (C=O) groups excluding carboxylic acids is 1. The highest BCUT2D eigenvalue weighted by Gasteiger charge is 2.35. The van der Waals surface area contributed by atoms with Gasteiger partial charge in [-0.3, -0.25) is 14.7 Å². The molecule has 31 heavy (non-hydrogen) atoms. The van der Waals surface area contributed by atoms with Gasteiger partial charge >= 0.3 is 0 Å². The summed E-state index contributed by atoms with van der Waals surface area (Å²) in [7, 11) is 1.70. The summed E-state index contributed by atoms with van der Waals surface area (Å²) in [4.78, 5) is 20.2. The zero-order valence-electron chi connectivity index (χ0n) is 18.9. The minimum absolute atomic E-state index is 0. The monoisotopic (exact) mass is 559 g/mol. The van der Waals surface area contributed by atoms with Gasteiger partial charge in [0.1, 0.15) is 0 Å². The average molecular weight is 560 g/mol. The molecular weight excluding hydrogens is 521 g/mol. The first-order valence-corrected chi connectivity index (χ1v) is 12.2. The molecule has 6 nitrogen and oxygen atoms in total. The fourth-order valence-corrected chi connectivity index (χ4v) is 5.72. The number of aliphatic imine (C=N–C) groups is 1. The van der Waals surface area contributed by atoms with Crippen LogP contribution >= 0.6 is 35.7 Å². The predicted molar refractivity (Wildman–Crippen MR) is 142 cm³/mol. The smallest absolute Gasteiger partial charge is 0.233 e. The van der Waals surface area contributed by atoms with Gasteiger partial charge in [0.25, 0.3) is 0 Å². The Morgan fingerprint density at radius 3 is 2.48 bits per heavy atom. The Labute approximate surface area is 208 Å². The molecule has 8 heteroatoms. The number of nitrogens with zero attached hydrogens (tertiary/aromatic N) is 2. The Balaban J connectivity index is 0.00000341. The van der Waals surface area contributed by atoms with Crippen LogP contribution in [0.2, 0.25) is 0 Å². The van der Waals surface area contributed by atoms with Crippen LogP contribution in [0.5, 0.6) is 0 Å². The highest BCUT2D eigenvalue weighted by molar-refractivity contribution is 14.0. The summed E-state index contributed by atoms with van der Waals surface area (Å²) in [6.07, 6.45) is 7.11.